The van der Waals surface area contributed by atoms with E-state index in [1.807, 2.05) is 4.90 Å². The number of amides is 2. The van der Waals surface area contributed by atoms with E-state index in [2.05, 4.69) is 19.2 Å². The summed E-state index contributed by atoms with van der Waals surface area (Å²) in [5.41, 5.74) is 5.97. The number of hydrogen-bond donors (Lipinski definition) is 2. The molecule has 4 nitrogen and oxygen atoms in total. The summed E-state index contributed by atoms with van der Waals surface area (Å²) in [4.78, 5) is 14.4. The number of nitrogens with one attached hydrogen (secondary N) is 1. The average molecular weight is 267 g/mol. The maximum absolute atomic E-state index is 12.4. The highest BCUT2D eigenvalue weighted by molar-refractivity contribution is 5.75. The van der Waals surface area contributed by atoms with Crippen molar-refractivity contribution in [2.24, 2.45) is 11.7 Å². The minimum absolute atomic E-state index is 0.0978. The molecule has 0 spiro atoms. The van der Waals surface area contributed by atoms with Crippen LogP contribution in [0.4, 0.5) is 4.79 Å². The van der Waals surface area contributed by atoms with Crippen LogP contribution in [0.5, 0.6) is 0 Å². The molecule has 0 aromatic carbocycles. The molecule has 0 unspecified atom stereocenters. The molecule has 0 bridgehead atoms. The highest BCUT2D eigenvalue weighted by Crippen LogP contribution is 2.37. The minimum atomic E-state index is -0.0978. The van der Waals surface area contributed by atoms with Gasteiger partial charge in [-0.1, -0.05) is 13.3 Å². The summed E-state index contributed by atoms with van der Waals surface area (Å²) >= 11 is 0. The van der Waals surface area contributed by atoms with Crippen LogP contribution in [-0.4, -0.2) is 35.6 Å². The van der Waals surface area contributed by atoms with Gasteiger partial charge in [-0.2, -0.15) is 0 Å². The third-order valence-electron chi connectivity index (χ3n) is 5.03. The third kappa shape index (κ3) is 3.22. The molecule has 19 heavy (non-hydrogen) atoms. The van der Waals surface area contributed by atoms with E-state index in [-0.39, 0.29) is 11.6 Å². The fraction of sp³-hybridized carbons (Fsp3) is 0.933. The summed E-state index contributed by atoms with van der Waals surface area (Å²) in [6.07, 6.45) is 8.07. The van der Waals surface area contributed by atoms with Crippen molar-refractivity contribution >= 4 is 6.03 Å². The first-order valence-corrected chi connectivity index (χ1v) is 7.93. The summed E-state index contributed by atoms with van der Waals surface area (Å²) in [7, 11) is 0. The zero-order valence-electron chi connectivity index (χ0n) is 12.5. The molecule has 2 aliphatic carbocycles. The lowest BCUT2D eigenvalue weighted by Crippen LogP contribution is -2.60. The van der Waals surface area contributed by atoms with Crippen LogP contribution in [0.25, 0.3) is 0 Å². The predicted molar refractivity (Wildman–Crippen MR) is 78.0 cm³/mol. The summed E-state index contributed by atoms with van der Waals surface area (Å²) in [5.74, 6) is 0.824. The molecule has 3 N–H and O–H groups in total. The van der Waals surface area contributed by atoms with Gasteiger partial charge in [0.2, 0.25) is 0 Å². The van der Waals surface area contributed by atoms with E-state index >= 15 is 0 Å². The van der Waals surface area contributed by atoms with Gasteiger partial charge < -0.3 is 16.0 Å². The number of nitrogens with two attached hydrogens (primary N) is 1. The standard InChI is InChI=1S/C15H29N3O/c1-3-12-7-9-15(11-16,10-8-12)18(4-2)14(19)17-13-5-6-13/h12-13H,3-11,16H2,1-2H3,(H,17,19). The normalized spacial score (nSPS) is 31.0. The van der Waals surface area contributed by atoms with Crippen LogP contribution in [0.15, 0.2) is 0 Å². The molecule has 0 radical (unpaired) electrons. The fourth-order valence-corrected chi connectivity index (χ4v) is 3.38. The number of carbonyl (C=O) groups excluding carboxylic acids is 1. The van der Waals surface area contributed by atoms with Gasteiger partial charge >= 0.3 is 6.03 Å². The van der Waals surface area contributed by atoms with E-state index < -0.39 is 0 Å². The minimum Gasteiger partial charge on any atom is -0.335 e. The molecule has 4 heteroatoms. The zero-order chi connectivity index (χ0) is 13.9. The predicted octanol–water partition coefficient (Wildman–Crippen LogP) is 2.48. The molecule has 2 saturated carbocycles. The lowest BCUT2D eigenvalue weighted by atomic mass is 9.74. The van der Waals surface area contributed by atoms with Crippen molar-refractivity contribution in [2.75, 3.05) is 13.1 Å². The summed E-state index contributed by atoms with van der Waals surface area (Å²) in [6.45, 7) is 5.68. The second-order valence-electron chi connectivity index (χ2n) is 6.25. The van der Waals surface area contributed by atoms with Crippen molar-refractivity contribution in [3.8, 4) is 0 Å². The molecule has 0 aromatic heterocycles. The molecule has 0 aliphatic heterocycles. The quantitative estimate of drug-likeness (QED) is 0.804. The summed E-state index contributed by atoms with van der Waals surface area (Å²) in [6, 6.07) is 0.522. The van der Waals surface area contributed by atoms with Crippen molar-refractivity contribution in [2.45, 2.75) is 70.4 Å². The Bertz CT molecular complexity index is 307. The Morgan fingerprint density at radius 1 is 1.26 bits per heavy atom. The second-order valence-corrected chi connectivity index (χ2v) is 6.25. The molecule has 110 valence electrons. The fourth-order valence-electron chi connectivity index (χ4n) is 3.38. The molecular formula is C15H29N3O. The monoisotopic (exact) mass is 267 g/mol. The third-order valence-corrected chi connectivity index (χ3v) is 5.03. The van der Waals surface area contributed by atoms with Crippen LogP contribution < -0.4 is 11.1 Å². The number of hydrogen-bond acceptors (Lipinski definition) is 2. The van der Waals surface area contributed by atoms with Gasteiger partial charge in [-0.05, 0) is 51.4 Å². The van der Waals surface area contributed by atoms with Crippen LogP contribution in [0, 0.1) is 5.92 Å². The highest BCUT2D eigenvalue weighted by atomic mass is 16.2. The van der Waals surface area contributed by atoms with Crippen LogP contribution >= 0.6 is 0 Å². The lowest BCUT2D eigenvalue weighted by molar-refractivity contribution is 0.0713. The number of urea groups is 1. The molecule has 2 fully saturated rings. The van der Waals surface area contributed by atoms with Gasteiger partial charge in [0, 0.05) is 19.1 Å². The van der Waals surface area contributed by atoms with Gasteiger partial charge in [0.1, 0.15) is 0 Å². The van der Waals surface area contributed by atoms with Crippen LogP contribution in [0.1, 0.15) is 58.8 Å². The zero-order valence-corrected chi connectivity index (χ0v) is 12.5. The molecule has 0 aromatic rings. The molecular weight excluding hydrogens is 238 g/mol. The first-order chi connectivity index (χ1) is 9.15. The molecule has 2 amide bonds. The van der Waals surface area contributed by atoms with Crippen molar-refractivity contribution in [3.63, 3.8) is 0 Å². The van der Waals surface area contributed by atoms with Crippen LogP contribution in [-0.2, 0) is 0 Å². The lowest BCUT2D eigenvalue weighted by Gasteiger charge is -2.47. The maximum atomic E-state index is 12.4. The van der Waals surface area contributed by atoms with E-state index in [1.165, 1.54) is 19.3 Å². The van der Waals surface area contributed by atoms with E-state index in [4.69, 9.17) is 5.73 Å². The smallest absolute Gasteiger partial charge is 0.318 e. The van der Waals surface area contributed by atoms with Gasteiger partial charge in [0.05, 0.1) is 5.54 Å². The Labute approximate surface area is 117 Å². The second kappa shape index (κ2) is 6.12. The number of nitrogens with zero attached hydrogens (tertiary/aromatic N) is 1. The molecule has 2 aliphatic rings. The Morgan fingerprint density at radius 3 is 2.32 bits per heavy atom. The van der Waals surface area contributed by atoms with Gasteiger partial charge in [-0.15, -0.1) is 0 Å². The molecule has 2 rings (SSSR count). The van der Waals surface area contributed by atoms with Gasteiger partial charge in [0.25, 0.3) is 0 Å². The van der Waals surface area contributed by atoms with Gasteiger partial charge in [-0.3, -0.25) is 0 Å². The van der Waals surface area contributed by atoms with Crippen molar-refractivity contribution in [1.82, 2.24) is 10.2 Å². The van der Waals surface area contributed by atoms with Gasteiger partial charge in [-0.25, -0.2) is 4.79 Å². The van der Waals surface area contributed by atoms with E-state index in [9.17, 15) is 4.79 Å². The summed E-state index contributed by atoms with van der Waals surface area (Å²) in [5, 5.41) is 3.12. The Kier molecular flexibility index (Phi) is 4.71. The molecule has 0 atom stereocenters. The largest absolute Gasteiger partial charge is 0.335 e. The topological polar surface area (TPSA) is 58.4 Å². The Hall–Kier alpha value is -0.770. The number of carbonyl (C=O) groups is 1. The summed E-state index contributed by atoms with van der Waals surface area (Å²) < 4.78 is 0. The van der Waals surface area contributed by atoms with E-state index in [0.717, 1.165) is 38.1 Å². The average Bonchev–Trinajstić information content (AvgIpc) is 3.24. The molecule has 0 saturated heterocycles. The number of rotatable bonds is 5. The van der Waals surface area contributed by atoms with E-state index in [0.29, 0.717) is 12.6 Å². The first kappa shape index (κ1) is 14.6. The van der Waals surface area contributed by atoms with Gasteiger partial charge in [0.15, 0.2) is 0 Å². The van der Waals surface area contributed by atoms with E-state index in [1.54, 1.807) is 0 Å². The van der Waals surface area contributed by atoms with Crippen molar-refractivity contribution in [1.29, 1.82) is 0 Å². The number of likely N-dealkylation sites (N-methyl/N-ethyl adjacent to an activating group) is 1. The Morgan fingerprint density at radius 2 is 1.89 bits per heavy atom. The Balaban J connectivity index is 2.02. The SMILES string of the molecule is CCC1CCC(CN)(N(CC)C(=O)NC2CC2)CC1. The van der Waals surface area contributed by atoms with Crippen LogP contribution in [0.2, 0.25) is 0 Å². The van der Waals surface area contributed by atoms with Crippen molar-refractivity contribution in [3.05, 3.63) is 0 Å². The first-order valence-electron chi connectivity index (χ1n) is 7.93. The molecule has 0 heterocycles. The highest BCUT2D eigenvalue weighted by Gasteiger charge is 2.41. The van der Waals surface area contributed by atoms with Crippen LogP contribution in [0.3, 0.4) is 0 Å². The maximum Gasteiger partial charge on any atom is 0.318 e. The van der Waals surface area contributed by atoms with Crippen molar-refractivity contribution < 1.29 is 4.79 Å².